The van der Waals surface area contributed by atoms with Gasteiger partial charge in [-0.3, -0.25) is 0 Å². The molecule has 1 aromatic heterocycles. The van der Waals surface area contributed by atoms with Gasteiger partial charge in [0.1, 0.15) is 5.82 Å². The molecule has 1 aliphatic heterocycles. The highest BCUT2D eigenvalue weighted by Gasteiger charge is 2.41. The van der Waals surface area contributed by atoms with Crippen LogP contribution in [0, 0.1) is 0 Å². The number of benzene rings is 2. The molecule has 7 heteroatoms. The third-order valence-corrected chi connectivity index (χ3v) is 6.68. The highest BCUT2D eigenvalue weighted by Crippen LogP contribution is 2.27. The molecule has 0 radical (unpaired) electrons. The molecule has 2 aromatic carbocycles. The lowest BCUT2D eigenvalue weighted by atomic mass is 10.1. The van der Waals surface area contributed by atoms with Crippen LogP contribution in [0.2, 0.25) is 0 Å². The zero-order chi connectivity index (χ0) is 24.0. The number of ether oxygens (including phenoxy) is 2. The van der Waals surface area contributed by atoms with Crippen molar-refractivity contribution in [1.82, 2.24) is 5.32 Å². The number of carbonyl (C=O) groups excluding carboxylic acids is 2. The van der Waals surface area contributed by atoms with Gasteiger partial charge in [0.2, 0.25) is 0 Å². The number of hydrogen-bond donors (Lipinski definition) is 2. The maximum atomic E-state index is 12.6. The Morgan fingerprint density at radius 1 is 0.882 bits per heavy atom. The molecule has 1 saturated heterocycles. The van der Waals surface area contributed by atoms with Gasteiger partial charge in [0.25, 0.3) is 5.79 Å². The molecule has 0 aliphatic carbocycles. The lowest BCUT2D eigenvalue weighted by Crippen LogP contribution is -2.44. The van der Waals surface area contributed by atoms with Gasteiger partial charge >= 0.3 is 11.9 Å². The Balaban J connectivity index is 1.30. The molecular formula is C27H30N2O4S. The highest BCUT2D eigenvalue weighted by atomic mass is 32.1. The number of carbonyl (C=O) groups is 2. The van der Waals surface area contributed by atoms with Crippen molar-refractivity contribution in [1.29, 1.82) is 0 Å². The van der Waals surface area contributed by atoms with Crippen molar-refractivity contribution >= 4 is 39.0 Å². The van der Waals surface area contributed by atoms with Crippen LogP contribution in [-0.2, 0) is 25.5 Å². The number of fused-ring (bicyclic) bond motifs is 1. The predicted molar refractivity (Wildman–Crippen MR) is 135 cm³/mol. The molecule has 0 spiro atoms. The molecule has 1 aliphatic rings. The van der Waals surface area contributed by atoms with Crippen LogP contribution in [0.5, 0.6) is 0 Å². The quantitative estimate of drug-likeness (QED) is 0.167. The fourth-order valence-electron chi connectivity index (χ4n) is 3.87. The van der Waals surface area contributed by atoms with Gasteiger partial charge in [-0.25, -0.2) is 9.59 Å². The minimum absolute atomic E-state index is 0.145. The van der Waals surface area contributed by atoms with E-state index in [1.54, 1.807) is 0 Å². The summed E-state index contributed by atoms with van der Waals surface area (Å²) in [5.41, 5.74) is 0.610. The largest absolute Gasteiger partial charge is 0.419 e. The Hall–Kier alpha value is -3.32. The van der Waals surface area contributed by atoms with E-state index < -0.39 is 17.7 Å². The summed E-state index contributed by atoms with van der Waals surface area (Å²) in [4.78, 5) is 26.6. The molecule has 34 heavy (non-hydrogen) atoms. The molecule has 0 unspecified atom stereocenters. The first-order chi connectivity index (χ1) is 16.4. The average molecular weight is 479 g/mol. The molecule has 4 rings (SSSR count). The molecule has 0 saturated carbocycles. The lowest BCUT2D eigenvalue weighted by molar-refractivity contribution is -0.222. The van der Waals surface area contributed by atoms with Crippen LogP contribution >= 0.6 is 11.3 Å². The zero-order valence-electron chi connectivity index (χ0n) is 19.6. The van der Waals surface area contributed by atoms with Gasteiger partial charge in [0, 0.05) is 35.7 Å². The van der Waals surface area contributed by atoms with Crippen molar-refractivity contribution in [2.45, 2.75) is 51.7 Å². The van der Waals surface area contributed by atoms with Crippen molar-refractivity contribution in [3.05, 3.63) is 76.9 Å². The second-order valence-corrected chi connectivity index (χ2v) is 9.93. The number of rotatable bonds is 10. The summed E-state index contributed by atoms with van der Waals surface area (Å²) in [6.45, 7) is 3.69. The molecule has 6 nitrogen and oxygen atoms in total. The van der Waals surface area contributed by atoms with Gasteiger partial charge in [-0.1, -0.05) is 49.2 Å². The van der Waals surface area contributed by atoms with E-state index in [9.17, 15) is 9.59 Å². The Morgan fingerprint density at radius 3 is 2.29 bits per heavy atom. The van der Waals surface area contributed by atoms with Crippen molar-refractivity contribution in [3.63, 3.8) is 0 Å². The lowest BCUT2D eigenvalue weighted by Gasteiger charge is -2.31. The molecule has 3 aromatic rings. The Morgan fingerprint density at radius 2 is 1.56 bits per heavy atom. The number of hydrogen-bond acceptors (Lipinski definition) is 7. The maximum Gasteiger partial charge on any atom is 0.352 e. The average Bonchev–Trinajstić information content (AvgIpc) is 3.20. The van der Waals surface area contributed by atoms with Crippen molar-refractivity contribution in [3.8, 4) is 0 Å². The molecule has 0 bridgehead atoms. The van der Waals surface area contributed by atoms with E-state index in [4.69, 9.17) is 9.47 Å². The predicted octanol–water partition coefficient (Wildman–Crippen LogP) is 5.75. The number of thiophene rings is 1. The van der Waals surface area contributed by atoms with Crippen LogP contribution in [0.15, 0.2) is 72.1 Å². The highest BCUT2D eigenvalue weighted by molar-refractivity contribution is 7.19. The first-order valence-electron chi connectivity index (χ1n) is 11.7. The summed E-state index contributed by atoms with van der Waals surface area (Å²) in [6, 6.07) is 20.2. The van der Waals surface area contributed by atoms with E-state index >= 15 is 0 Å². The van der Waals surface area contributed by atoms with Gasteiger partial charge in [0.15, 0.2) is 5.57 Å². The van der Waals surface area contributed by atoms with Crippen LogP contribution in [0.25, 0.3) is 10.1 Å². The summed E-state index contributed by atoms with van der Waals surface area (Å²) in [6.07, 6.45) is 5.30. The van der Waals surface area contributed by atoms with Crippen LogP contribution < -0.4 is 10.6 Å². The Bertz CT molecular complexity index is 1130. The van der Waals surface area contributed by atoms with E-state index in [2.05, 4.69) is 41.0 Å². The molecular weight excluding hydrogens is 448 g/mol. The molecule has 0 amide bonds. The number of unbranched alkanes of at least 4 members (excludes halogenated alkanes) is 3. The maximum absolute atomic E-state index is 12.6. The summed E-state index contributed by atoms with van der Waals surface area (Å²) in [7, 11) is 0. The van der Waals surface area contributed by atoms with E-state index in [-0.39, 0.29) is 5.57 Å². The summed E-state index contributed by atoms with van der Waals surface area (Å²) in [5.74, 6) is -2.36. The Labute approximate surface area is 204 Å². The summed E-state index contributed by atoms with van der Waals surface area (Å²) >= 11 is 1.87. The number of para-hydroxylation sites is 1. The van der Waals surface area contributed by atoms with E-state index in [0.717, 1.165) is 37.8 Å². The fraction of sp³-hybridized carbons (Fsp3) is 0.333. The van der Waals surface area contributed by atoms with Crippen LogP contribution in [-0.4, -0.2) is 24.3 Å². The van der Waals surface area contributed by atoms with Crippen molar-refractivity contribution in [2.24, 2.45) is 0 Å². The second-order valence-electron chi connectivity index (χ2n) is 8.76. The number of anilines is 1. The normalized spacial score (nSPS) is 15.1. The van der Waals surface area contributed by atoms with Crippen LogP contribution in [0.3, 0.4) is 0 Å². The first kappa shape index (κ1) is 23.8. The van der Waals surface area contributed by atoms with Crippen molar-refractivity contribution < 1.29 is 19.1 Å². The molecule has 2 heterocycles. The van der Waals surface area contributed by atoms with E-state index in [0.29, 0.717) is 12.4 Å². The topological polar surface area (TPSA) is 76.7 Å². The SMILES string of the molecule is CC1(C)OC(=O)C(=C(NCCCCCCc2cc3ccccc3s2)Nc2ccccc2)C(=O)O1. The minimum atomic E-state index is -1.27. The van der Waals surface area contributed by atoms with Gasteiger partial charge < -0.3 is 20.1 Å². The van der Waals surface area contributed by atoms with Crippen LogP contribution in [0.1, 0.15) is 44.4 Å². The third kappa shape index (κ3) is 6.17. The summed E-state index contributed by atoms with van der Waals surface area (Å²) in [5, 5.41) is 7.68. The fourth-order valence-corrected chi connectivity index (χ4v) is 4.98. The number of cyclic esters (lactones) is 2. The van der Waals surface area contributed by atoms with E-state index in [1.165, 1.54) is 28.8 Å². The zero-order valence-corrected chi connectivity index (χ0v) is 20.4. The minimum Gasteiger partial charge on any atom is -0.419 e. The number of aryl methyl sites for hydroxylation is 1. The van der Waals surface area contributed by atoms with Gasteiger partial charge in [-0.05, 0) is 48.9 Å². The van der Waals surface area contributed by atoms with Crippen molar-refractivity contribution in [2.75, 3.05) is 11.9 Å². The van der Waals surface area contributed by atoms with Crippen LogP contribution in [0.4, 0.5) is 5.69 Å². The van der Waals surface area contributed by atoms with Gasteiger partial charge in [-0.2, -0.15) is 0 Å². The van der Waals surface area contributed by atoms with E-state index in [1.807, 2.05) is 41.7 Å². The van der Waals surface area contributed by atoms with Gasteiger partial charge in [-0.15, -0.1) is 11.3 Å². The third-order valence-electron chi connectivity index (χ3n) is 5.51. The monoisotopic (exact) mass is 478 g/mol. The Kier molecular flexibility index (Phi) is 7.53. The molecule has 2 N–H and O–H groups in total. The number of esters is 2. The summed E-state index contributed by atoms with van der Waals surface area (Å²) < 4.78 is 11.9. The molecule has 178 valence electrons. The first-order valence-corrected chi connectivity index (χ1v) is 12.5. The molecule has 1 fully saturated rings. The van der Waals surface area contributed by atoms with Gasteiger partial charge in [0.05, 0.1) is 0 Å². The smallest absolute Gasteiger partial charge is 0.352 e. The second kappa shape index (κ2) is 10.7. The standard InChI is InChI=1S/C27H30N2O4S/c1-27(2)32-25(30)23(26(31)33-27)24(29-20-13-6-5-7-14-20)28-17-11-4-3-8-15-21-18-19-12-9-10-16-22(19)34-21/h5-7,9-10,12-14,16,18,28-29H,3-4,8,11,15,17H2,1-2H3. The molecule has 0 atom stereocenters. The number of nitrogens with one attached hydrogen (secondary N) is 2.